The molecule has 1 aliphatic rings. The molecule has 0 fully saturated rings. The highest BCUT2D eigenvalue weighted by atomic mass is 16.7. The summed E-state index contributed by atoms with van der Waals surface area (Å²) in [6, 6.07) is 27.7. The molecule has 3 aromatic carbocycles. The standard InChI is InChI=1S/C29H34O2/c1-5-21(2)22-15-18-25(19-16-22)30-28(29(3,4)24-12-7-6-8-13-24)31-27-20-17-23-11-9-10-14-26(23)27/h6-16,18-19,21,27-28H,5,17,20H2,1-4H3. The van der Waals surface area contributed by atoms with E-state index in [0.717, 1.165) is 25.0 Å². The molecular weight excluding hydrogens is 380 g/mol. The maximum absolute atomic E-state index is 6.74. The van der Waals surface area contributed by atoms with Crippen molar-refractivity contribution in [3.8, 4) is 5.75 Å². The number of ether oxygens (including phenoxy) is 2. The van der Waals surface area contributed by atoms with Crippen LogP contribution in [0.2, 0.25) is 0 Å². The van der Waals surface area contributed by atoms with Gasteiger partial charge in [-0.2, -0.15) is 0 Å². The monoisotopic (exact) mass is 414 g/mol. The summed E-state index contributed by atoms with van der Waals surface area (Å²) in [5.41, 5.74) is 4.93. The highest BCUT2D eigenvalue weighted by Crippen LogP contribution is 2.39. The highest BCUT2D eigenvalue weighted by molar-refractivity contribution is 5.34. The minimum Gasteiger partial charge on any atom is -0.464 e. The van der Waals surface area contributed by atoms with E-state index in [1.165, 1.54) is 22.3 Å². The summed E-state index contributed by atoms with van der Waals surface area (Å²) in [7, 11) is 0. The summed E-state index contributed by atoms with van der Waals surface area (Å²) in [4.78, 5) is 0. The molecule has 0 heterocycles. The zero-order valence-electron chi connectivity index (χ0n) is 19.2. The van der Waals surface area contributed by atoms with E-state index in [9.17, 15) is 0 Å². The second kappa shape index (κ2) is 9.28. The number of rotatable bonds is 8. The third-order valence-corrected chi connectivity index (χ3v) is 6.78. The minimum atomic E-state index is -0.402. The topological polar surface area (TPSA) is 18.5 Å². The fourth-order valence-corrected chi connectivity index (χ4v) is 4.39. The summed E-state index contributed by atoms with van der Waals surface area (Å²) in [6.45, 7) is 8.90. The molecule has 31 heavy (non-hydrogen) atoms. The molecule has 0 aliphatic heterocycles. The Morgan fingerprint density at radius 1 is 0.903 bits per heavy atom. The van der Waals surface area contributed by atoms with Gasteiger partial charge in [0, 0.05) is 0 Å². The Morgan fingerprint density at radius 3 is 2.29 bits per heavy atom. The molecule has 162 valence electrons. The lowest BCUT2D eigenvalue weighted by Crippen LogP contribution is -2.41. The van der Waals surface area contributed by atoms with E-state index in [4.69, 9.17) is 9.47 Å². The van der Waals surface area contributed by atoms with Crippen molar-refractivity contribution in [2.75, 3.05) is 0 Å². The van der Waals surface area contributed by atoms with Crippen LogP contribution in [0.4, 0.5) is 0 Å². The van der Waals surface area contributed by atoms with Crippen LogP contribution in [0.3, 0.4) is 0 Å². The van der Waals surface area contributed by atoms with Gasteiger partial charge in [-0.3, -0.25) is 0 Å². The Morgan fingerprint density at radius 2 is 1.58 bits per heavy atom. The SMILES string of the molecule is CCC(C)c1ccc(OC(OC2CCc3ccccc32)C(C)(C)c2ccccc2)cc1. The van der Waals surface area contributed by atoms with Crippen LogP contribution in [0.5, 0.6) is 5.75 Å². The Bertz CT molecular complexity index is 975. The first-order chi connectivity index (χ1) is 15.0. The van der Waals surface area contributed by atoms with E-state index in [1.807, 2.05) is 0 Å². The van der Waals surface area contributed by atoms with E-state index >= 15 is 0 Å². The van der Waals surface area contributed by atoms with E-state index in [0.29, 0.717) is 5.92 Å². The molecule has 2 heteroatoms. The van der Waals surface area contributed by atoms with Gasteiger partial charge in [0.25, 0.3) is 0 Å². The third-order valence-electron chi connectivity index (χ3n) is 6.78. The Kier molecular flexibility index (Phi) is 6.48. The Balaban J connectivity index is 1.61. The van der Waals surface area contributed by atoms with Crippen molar-refractivity contribution < 1.29 is 9.47 Å². The van der Waals surface area contributed by atoms with Gasteiger partial charge in [0.15, 0.2) is 0 Å². The maximum atomic E-state index is 6.74. The van der Waals surface area contributed by atoms with Gasteiger partial charge in [-0.25, -0.2) is 0 Å². The zero-order chi connectivity index (χ0) is 21.8. The third kappa shape index (κ3) is 4.70. The number of benzene rings is 3. The number of hydrogen-bond donors (Lipinski definition) is 0. The molecule has 0 bridgehead atoms. The van der Waals surface area contributed by atoms with Crippen LogP contribution in [-0.2, 0) is 16.6 Å². The largest absolute Gasteiger partial charge is 0.464 e. The first-order valence-electron chi connectivity index (χ1n) is 11.5. The van der Waals surface area contributed by atoms with Crippen LogP contribution in [-0.4, -0.2) is 6.29 Å². The molecule has 0 saturated carbocycles. The first-order valence-corrected chi connectivity index (χ1v) is 11.5. The van der Waals surface area contributed by atoms with Crippen LogP contribution >= 0.6 is 0 Å². The highest BCUT2D eigenvalue weighted by Gasteiger charge is 2.38. The molecule has 0 saturated heterocycles. The predicted molar refractivity (Wildman–Crippen MR) is 128 cm³/mol. The van der Waals surface area contributed by atoms with Gasteiger partial charge in [-0.1, -0.05) is 80.6 Å². The average molecular weight is 415 g/mol. The fourth-order valence-electron chi connectivity index (χ4n) is 4.39. The summed E-state index contributed by atoms with van der Waals surface area (Å²) in [5, 5.41) is 0. The van der Waals surface area contributed by atoms with Gasteiger partial charge >= 0.3 is 0 Å². The summed E-state index contributed by atoms with van der Waals surface area (Å²) in [6.07, 6.45) is 2.85. The van der Waals surface area contributed by atoms with Crippen LogP contribution in [0.1, 0.15) is 74.8 Å². The first kappa shape index (κ1) is 21.6. The lowest BCUT2D eigenvalue weighted by atomic mass is 9.83. The number of hydrogen-bond acceptors (Lipinski definition) is 2. The van der Waals surface area contributed by atoms with Gasteiger partial charge in [-0.15, -0.1) is 0 Å². The van der Waals surface area contributed by atoms with E-state index in [2.05, 4.69) is 107 Å². The van der Waals surface area contributed by atoms with Crippen molar-refractivity contribution in [3.63, 3.8) is 0 Å². The minimum absolute atomic E-state index is 0.0589. The average Bonchev–Trinajstić information content (AvgIpc) is 3.22. The molecule has 0 spiro atoms. The molecule has 3 atom stereocenters. The molecule has 0 aromatic heterocycles. The van der Waals surface area contributed by atoms with Crippen molar-refractivity contribution in [1.29, 1.82) is 0 Å². The molecule has 3 aromatic rings. The number of aryl methyl sites for hydroxylation is 1. The van der Waals surface area contributed by atoms with Gasteiger partial charge in [0.1, 0.15) is 5.75 Å². The van der Waals surface area contributed by atoms with Crippen LogP contribution in [0.15, 0.2) is 78.9 Å². The molecule has 0 N–H and O–H groups in total. The molecule has 0 radical (unpaired) electrons. The van der Waals surface area contributed by atoms with Crippen LogP contribution in [0, 0.1) is 0 Å². The van der Waals surface area contributed by atoms with Crippen LogP contribution in [0.25, 0.3) is 0 Å². The van der Waals surface area contributed by atoms with E-state index < -0.39 is 6.29 Å². The van der Waals surface area contributed by atoms with E-state index in [1.54, 1.807) is 0 Å². The van der Waals surface area contributed by atoms with Crippen molar-refractivity contribution in [2.24, 2.45) is 0 Å². The molecule has 2 nitrogen and oxygen atoms in total. The fraction of sp³-hybridized carbons (Fsp3) is 0.379. The second-order valence-electron chi connectivity index (χ2n) is 9.28. The van der Waals surface area contributed by atoms with Crippen molar-refractivity contribution in [2.45, 2.75) is 70.7 Å². The molecule has 3 unspecified atom stereocenters. The smallest absolute Gasteiger partial charge is 0.209 e. The van der Waals surface area contributed by atoms with Crippen molar-refractivity contribution in [3.05, 3.63) is 101 Å². The second-order valence-corrected chi connectivity index (χ2v) is 9.28. The summed E-state index contributed by atoms with van der Waals surface area (Å²) in [5.74, 6) is 1.41. The molecule has 1 aliphatic carbocycles. The van der Waals surface area contributed by atoms with Gasteiger partial charge in [0.05, 0.1) is 11.5 Å². The predicted octanol–water partition coefficient (Wildman–Crippen LogP) is 7.59. The lowest BCUT2D eigenvalue weighted by molar-refractivity contribution is -0.155. The normalized spacial score (nSPS) is 17.7. The van der Waals surface area contributed by atoms with Crippen molar-refractivity contribution in [1.82, 2.24) is 0 Å². The molecular formula is C29H34O2. The molecule has 0 amide bonds. The zero-order valence-corrected chi connectivity index (χ0v) is 19.2. The van der Waals surface area contributed by atoms with E-state index in [-0.39, 0.29) is 11.5 Å². The van der Waals surface area contributed by atoms with Crippen LogP contribution < -0.4 is 4.74 Å². The summed E-state index contributed by atoms with van der Waals surface area (Å²) < 4.78 is 13.3. The van der Waals surface area contributed by atoms with Crippen molar-refractivity contribution >= 4 is 0 Å². The lowest BCUT2D eigenvalue weighted by Gasteiger charge is -2.36. The van der Waals surface area contributed by atoms with Gasteiger partial charge in [-0.05, 0) is 73.4 Å². The Labute approximate surface area is 187 Å². The molecule has 4 rings (SSSR count). The van der Waals surface area contributed by atoms with Gasteiger partial charge < -0.3 is 9.47 Å². The summed E-state index contributed by atoms with van der Waals surface area (Å²) >= 11 is 0. The Hall–Kier alpha value is -2.58. The maximum Gasteiger partial charge on any atom is 0.209 e. The van der Waals surface area contributed by atoms with Gasteiger partial charge in [0.2, 0.25) is 6.29 Å². The quantitative estimate of drug-likeness (QED) is 0.354. The number of fused-ring (bicyclic) bond motifs is 1.